The van der Waals surface area contributed by atoms with E-state index in [-0.39, 0.29) is 23.1 Å². The van der Waals surface area contributed by atoms with Gasteiger partial charge >= 0.3 is 0 Å². The highest BCUT2D eigenvalue weighted by molar-refractivity contribution is 5.39. The van der Waals surface area contributed by atoms with Gasteiger partial charge in [-0.25, -0.2) is 4.39 Å². The second-order valence-corrected chi connectivity index (χ2v) is 6.36. The number of nitrogens with two attached hydrogens (primary N) is 1. The van der Waals surface area contributed by atoms with Crippen LogP contribution < -0.4 is 10.5 Å². The van der Waals surface area contributed by atoms with Crippen LogP contribution >= 0.6 is 0 Å². The van der Waals surface area contributed by atoms with E-state index in [1.165, 1.54) is 12.1 Å². The number of hydrogen-bond acceptors (Lipinski definition) is 3. The monoisotopic (exact) mass is 279 g/mol. The van der Waals surface area contributed by atoms with Crippen molar-refractivity contribution in [1.29, 1.82) is 0 Å². The lowest BCUT2D eigenvalue weighted by atomic mass is 9.75. The van der Waals surface area contributed by atoms with Gasteiger partial charge in [0, 0.05) is 36.9 Å². The predicted molar refractivity (Wildman–Crippen MR) is 75.2 cm³/mol. The first-order valence-corrected chi connectivity index (χ1v) is 7.33. The summed E-state index contributed by atoms with van der Waals surface area (Å²) >= 11 is 0. The largest absolute Gasteiger partial charge is 0.487 e. The van der Waals surface area contributed by atoms with Crippen LogP contribution in [0.25, 0.3) is 0 Å². The summed E-state index contributed by atoms with van der Waals surface area (Å²) in [5.41, 5.74) is 6.70. The highest BCUT2D eigenvalue weighted by atomic mass is 19.1. The Kier molecular flexibility index (Phi) is 3.26. The molecule has 2 N–H and O–H groups in total. The number of rotatable bonds is 1. The Morgan fingerprint density at radius 2 is 2.25 bits per heavy atom. The van der Waals surface area contributed by atoms with Crippen molar-refractivity contribution >= 4 is 0 Å². The molecular weight excluding hydrogens is 257 g/mol. The maximum atomic E-state index is 13.5. The molecule has 110 valence electrons. The summed E-state index contributed by atoms with van der Waals surface area (Å²) in [6, 6.07) is 4.54. The quantitative estimate of drug-likeness (QED) is 0.857. The Bertz CT molecular complexity index is 521. The average molecular weight is 279 g/mol. The minimum atomic E-state index is -0.316. The van der Waals surface area contributed by atoms with Crippen LogP contribution in [0.5, 0.6) is 5.75 Å². The predicted octanol–water partition coefficient (Wildman–Crippen LogP) is 3.33. The number of ether oxygens (including phenoxy) is 2. The highest BCUT2D eigenvalue weighted by Gasteiger charge is 2.47. The molecule has 3 unspecified atom stereocenters. The molecule has 0 radical (unpaired) electrons. The molecule has 3 atom stereocenters. The standard InChI is InChI=1S/C16H22FNO2/c1-3-15(2)10-16(6-7-19-15)9-13(18)12-5-4-11(17)8-14(12)20-16/h4-5,8,13H,3,6-7,9-10,18H2,1-2H3. The molecule has 20 heavy (non-hydrogen) atoms. The fraction of sp³-hybridized carbons (Fsp3) is 0.625. The lowest BCUT2D eigenvalue weighted by molar-refractivity contribution is -0.151. The van der Waals surface area contributed by atoms with Gasteiger partial charge in [-0.2, -0.15) is 0 Å². The Morgan fingerprint density at radius 1 is 1.45 bits per heavy atom. The first-order valence-electron chi connectivity index (χ1n) is 7.33. The molecule has 1 spiro atoms. The molecule has 0 aliphatic carbocycles. The molecule has 4 heteroatoms. The van der Waals surface area contributed by atoms with E-state index in [0.717, 1.165) is 31.2 Å². The van der Waals surface area contributed by atoms with Gasteiger partial charge in [-0.05, 0) is 19.4 Å². The van der Waals surface area contributed by atoms with E-state index < -0.39 is 0 Å². The van der Waals surface area contributed by atoms with Crippen molar-refractivity contribution in [3.63, 3.8) is 0 Å². The molecule has 3 rings (SSSR count). The van der Waals surface area contributed by atoms with E-state index >= 15 is 0 Å². The zero-order chi connectivity index (χ0) is 14.4. The van der Waals surface area contributed by atoms with Crippen molar-refractivity contribution in [3.05, 3.63) is 29.6 Å². The van der Waals surface area contributed by atoms with Gasteiger partial charge in [0.2, 0.25) is 0 Å². The van der Waals surface area contributed by atoms with Crippen LogP contribution in [0.1, 0.15) is 51.1 Å². The van der Waals surface area contributed by atoms with Crippen molar-refractivity contribution in [2.45, 2.75) is 56.8 Å². The molecule has 0 aromatic heterocycles. The Balaban J connectivity index is 1.93. The molecule has 1 saturated heterocycles. The van der Waals surface area contributed by atoms with Crippen molar-refractivity contribution < 1.29 is 13.9 Å². The Morgan fingerprint density at radius 3 is 3.00 bits per heavy atom. The molecular formula is C16H22FNO2. The summed E-state index contributed by atoms with van der Waals surface area (Å²) in [5.74, 6) is 0.322. The maximum Gasteiger partial charge on any atom is 0.127 e. The van der Waals surface area contributed by atoms with Crippen molar-refractivity contribution in [2.24, 2.45) is 5.73 Å². The Hall–Kier alpha value is -1.13. The third kappa shape index (κ3) is 2.31. The fourth-order valence-electron chi connectivity index (χ4n) is 3.48. The van der Waals surface area contributed by atoms with Gasteiger partial charge in [0.05, 0.1) is 12.2 Å². The van der Waals surface area contributed by atoms with Crippen LogP contribution in [0.3, 0.4) is 0 Å². The number of benzene rings is 1. The maximum absolute atomic E-state index is 13.5. The summed E-state index contributed by atoms with van der Waals surface area (Å²) in [5, 5.41) is 0. The average Bonchev–Trinajstić information content (AvgIpc) is 2.37. The normalized spacial score (nSPS) is 36.5. The minimum absolute atomic E-state index is 0.0986. The van der Waals surface area contributed by atoms with Crippen LogP contribution in [0, 0.1) is 5.82 Å². The summed E-state index contributed by atoms with van der Waals surface area (Å²) in [6.07, 6.45) is 3.32. The number of fused-ring (bicyclic) bond motifs is 1. The lowest BCUT2D eigenvalue weighted by Gasteiger charge is -2.49. The molecule has 1 aromatic rings. The van der Waals surface area contributed by atoms with E-state index in [2.05, 4.69) is 13.8 Å². The van der Waals surface area contributed by atoms with Gasteiger partial charge in [-0.15, -0.1) is 0 Å². The topological polar surface area (TPSA) is 44.5 Å². The van der Waals surface area contributed by atoms with E-state index in [0.29, 0.717) is 12.4 Å². The van der Waals surface area contributed by atoms with Gasteiger partial charge in [0.1, 0.15) is 17.2 Å². The van der Waals surface area contributed by atoms with Crippen LogP contribution in [0.2, 0.25) is 0 Å². The lowest BCUT2D eigenvalue weighted by Crippen LogP contribution is -2.53. The second kappa shape index (κ2) is 4.71. The summed E-state index contributed by atoms with van der Waals surface area (Å²) in [4.78, 5) is 0. The van der Waals surface area contributed by atoms with Crippen molar-refractivity contribution in [1.82, 2.24) is 0 Å². The smallest absolute Gasteiger partial charge is 0.127 e. The third-order valence-corrected chi connectivity index (χ3v) is 4.75. The number of hydrogen-bond donors (Lipinski definition) is 1. The van der Waals surface area contributed by atoms with E-state index in [4.69, 9.17) is 15.2 Å². The first-order chi connectivity index (χ1) is 9.45. The molecule has 1 aromatic carbocycles. The van der Waals surface area contributed by atoms with Crippen LogP contribution in [0.15, 0.2) is 18.2 Å². The third-order valence-electron chi connectivity index (χ3n) is 4.75. The zero-order valence-electron chi connectivity index (χ0n) is 12.1. The first kappa shape index (κ1) is 13.8. The van der Waals surface area contributed by atoms with E-state index in [1.807, 2.05) is 0 Å². The highest BCUT2D eigenvalue weighted by Crippen LogP contribution is 2.47. The van der Waals surface area contributed by atoms with Crippen LogP contribution in [-0.4, -0.2) is 17.8 Å². The van der Waals surface area contributed by atoms with Gasteiger partial charge in [-0.1, -0.05) is 13.0 Å². The molecule has 0 bridgehead atoms. The second-order valence-electron chi connectivity index (χ2n) is 6.36. The molecule has 2 aliphatic heterocycles. The van der Waals surface area contributed by atoms with Gasteiger partial charge in [0.15, 0.2) is 0 Å². The van der Waals surface area contributed by atoms with E-state index in [1.54, 1.807) is 6.07 Å². The molecule has 0 saturated carbocycles. The summed E-state index contributed by atoms with van der Waals surface area (Å²) in [6.45, 7) is 4.90. The summed E-state index contributed by atoms with van der Waals surface area (Å²) in [7, 11) is 0. The van der Waals surface area contributed by atoms with Gasteiger partial charge in [-0.3, -0.25) is 0 Å². The van der Waals surface area contributed by atoms with Crippen molar-refractivity contribution in [3.8, 4) is 5.75 Å². The SMILES string of the molecule is CCC1(C)CC2(CCO1)CC(N)c1ccc(F)cc1O2. The van der Waals surface area contributed by atoms with E-state index in [9.17, 15) is 4.39 Å². The Labute approximate surface area is 119 Å². The molecule has 0 amide bonds. The van der Waals surface area contributed by atoms with Crippen LogP contribution in [0.4, 0.5) is 4.39 Å². The molecule has 2 heterocycles. The molecule has 1 fully saturated rings. The minimum Gasteiger partial charge on any atom is -0.487 e. The summed E-state index contributed by atoms with van der Waals surface area (Å²) < 4.78 is 25.6. The van der Waals surface area contributed by atoms with Gasteiger partial charge < -0.3 is 15.2 Å². The van der Waals surface area contributed by atoms with Crippen LogP contribution in [-0.2, 0) is 4.74 Å². The molecule has 2 aliphatic rings. The number of halogens is 1. The zero-order valence-corrected chi connectivity index (χ0v) is 12.1. The van der Waals surface area contributed by atoms with Gasteiger partial charge in [0.25, 0.3) is 0 Å². The molecule has 3 nitrogen and oxygen atoms in total. The fourth-order valence-corrected chi connectivity index (χ4v) is 3.48. The van der Waals surface area contributed by atoms with Crippen molar-refractivity contribution in [2.75, 3.05) is 6.61 Å².